The lowest BCUT2D eigenvalue weighted by atomic mass is 10.0. The molecule has 0 bridgehead atoms. The average molecular weight is 672 g/mol. The van der Waals surface area contributed by atoms with Crippen LogP contribution in [0.1, 0.15) is 76.8 Å². The summed E-state index contributed by atoms with van der Waals surface area (Å²) < 4.78 is 25.6. The molecule has 3 heterocycles. The number of benzene rings is 1. The number of allylic oxidation sites excluding steroid dienone is 1. The Morgan fingerprint density at radius 1 is 1.15 bits per heavy atom. The molecule has 1 saturated carbocycles. The number of aliphatic hydroxyl groups is 1. The highest BCUT2D eigenvalue weighted by molar-refractivity contribution is 5.98. The number of fused-ring (bicyclic) bond motifs is 3. The molecule has 1 aromatic rings. The smallest absolute Gasteiger partial charge is 0.410 e. The largest absolute Gasteiger partial charge is 0.444 e. The number of amides is 5. The van der Waals surface area contributed by atoms with Gasteiger partial charge in [0, 0.05) is 31.0 Å². The van der Waals surface area contributed by atoms with Gasteiger partial charge in [-0.15, -0.1) is 0 Å². The highest BCUT2D eigenvalue weighted by atomic mass is 19.1. The molecular formula is C34H46FN5O8. The fourth-order valence-electron chi connectivity index (χ4n) is 6.67. The van der Waals surface area contributed by atoms with E-state index in [1.807, 2.05) is 12.2 Å². The molecule has 5 atom stereocenters. The summed E-state index contributed by atoms with van der Waals surface area (Å²) in [7, 11) is 0. The summed E-state index contributed by atoms with van der Waals surface area (Å²) in [5, 5.41) is 17.5. The Kier molecular flexibility index (Phi) is 10.6. The second-order valence-corrected chi connectivity index (χ2v) is 14.0. The van der Waals surface area contributed by atoms with Gasteiger partial charge >= 0.3 is 12.2 Å². The van der Waals surface area contributed by atoms with Gasteiger partial charge in [0.15, 0.2) is 0 Å². The molecule has 4 N–H and O–H groups in total. The van der Waals surface area contributed by atoms with Gasteiger partial charge in [0.05, 0.1) is 19.7 Å². The van der Waals surface area contributed by atoms with E-state index < -0.39 is 65.1 Å². The van der Waals surface area contributed by atoms with Crippen molar-refractivity contribution in [1.82, 2.24) is 25.8 Å². The van der Waals surface area contributed by atoms with E-state index in [1.54, 1.807) is 32.9 Å². The molecule has 13 nitrogen and oxygen atoms in total. The Morgan fingerprint density at radius 2 is 1.94 bits per heavy atom. The molecule has 1 aliphatic carbocycles. The number of ether oxygens (including phenoxy) is 2. The van der Waals surface area contributed by atoms with Crippen molar-refractivity contribution in [2.45, 2.75) is 108 Å². The highest BCUT2D eigenvalue weighted by Gasteiger charge is 2.61. The van der Waals surface area contributed by atoms with Crippen LogP contribution >= 0.6 is 0 Å². The van der Waals surface area contributed by atoms with Crippen molar-refractivity contribution in [2.75, 3.05) is 19.7 Å². The van der Waals surface area contributed by atoms with Crippen LogP contribution in [0.4, 0.5) is 14.0 Å². The molecule has 48 heavy (non-hydrogen) atoms. The molecule has 3 aliphatic heterocycles. The molecule has 0 aromatic heterocycles. The summed E-state index contributed by atoms with van der Waals surface area (Å²) in [6.07, 6.45) is 5.09. The molecule has 4 aliphatic rings. The Morgan fingerprint density at radius 3 is 2.67 bits per heavy atom. The quantitative estimate of drug-likeness (QED) is 0.347. The van der Waals surface area contributed by atoms with Crippen LogP contribution in [-0.4, -0.2) is 93.8 Å². The number of hydrogen-bond donors (Lipinski definition) is 4. The standard InChI is InChI=1S/C34H46FN5O8/c1-33(2,3)48-31(45)37-26-13-8-6-4-5-7-11-22-17-34(22,30(44)36-14-15-41)38-28(42)27-16-23(19-40(27)29(26)43)47-32(46)39-18-21-10-9-12-25(35)24(21)20-39/h7,9-12,22-23,26-27,41H,4-6,8,13-20H2,1-3H3,(H,36,44)(H,37,45)(H,38,42)/t22-,23-,26+,27+,34-/m1/s1. The summed E-state index contributed by atoms with van der Waals surface area (Å²) in [6, 6.07) is 2.51. The third-order valence-corrected chi connectivity index (χ3v) is 9.18. The van der Waals surface area contributed by atoms with Gasteiger partial charge in [-0.3, -0.25) is 19.3 Å². The zero-order chi connectivity index (χ0) is 34.6. The van der Waals surface area contributed by atoms with Gasteiger partial charge in [0.1, 0.15) is 35.1 Å². The topological polar surface area (TPSA) is 167 Å². The first kappa shape index (κ1) is 35.1. The zero-order valence-electron chi connectivity index (χ0n) is 27.8. The predicted molar refractivity (Wildman–Crippen MR) is 170 cm³/mol. The minimum absolute atomic E-state index is 0.0151. The van der Waals surface area contributed by atoms with Crippen molar-refractivity contribution in [1.29, 1.82) is 0 Å². The van der Waals surface area contributed by atoms with Crippen LogP contribution < -0.4 is 16.0 Å². The SMILES string of the molecule is CC(C)(C)OC(=O)N[C@H]1CCCCCC=C[C@@H]2C[C@@]2(C(=O)NCCO)NC(=O)[C@@H]2C[C@@H](OC(=O)N3Cc4cccc(F)c4C3)CN2C1=O. The molecule has 14 heteroatoms. The number of nitrogens with one attached hydrogen (secondary N) is 3. The maximum absolute atomic E-state index is 14.4. The average Bonchev–Trinajstić information content (AvgIpc) is 3.33. The number of carbonyl (C=O) groups is 5. The summed E-state index contributed by atoms with van der Waals surface area (Å²) in [5.41, 5.74) is -0.976. The summed E-state index contributed by atoms with van der Waals surface area (Å²) in [4.78, 5) is 70.2. The van der Waals surface area contributed by atoms with Crippen LogP contribution in [0.5, 0.6) is 0 Å². The Labute approximate surface area is 279 Å². The number of nitrogens with zero attached hydrogens (tertiary/aromatic N) is 2. The zero-order valence-corrected chi connectivity index (χ0v) is 27.8. The number of aliphatic hydroxyl groups excluding tert-OH is 1. The second-order valence-electron chi connectivity index (χ2n) is 14.0. The van der Waals surface area contributed by atoms with E-state index in [0.717, 1.165) is 19.3 Å². The maximum atomic E-state index is 14.4. The van der Waals surface area contributed by atoms with Crippen LogP contribution in [0.15, 0.2) is 30.4 Å². The van der Waals surface area contributed by atoms with Crippen molar-refractivity contribution >= 4 is 29.9 Å². The first-order valence-electron chi connectivity index (χ1n) is 16.7. The van der Waals surface area contributed by atoms with E-state index in [0.29, 0.717) is 30.4 Å². The predicted octanol–water partition coefficient (Wildman–Crippen LogP) is 2.64. The number of halogens is 1. The number of alkyl carbamates (subject to hydrolysis) is 1. The third kappa shape index (κ3) is 8.08. The number of rotatable bonds is 5. The molecular weight excluding hydrogens is 625 g/mol. The highest BCUT2D eigenvalue weighted by Crippen LogP contribution is 2.45. The normalized spacial score (nSPS) is 27.4. The minimum atomic E-state index is -1.26. The second kappa shape index (κ2) is 14.5. The van der Waals surface area contributed by atoms with Crippen LogP contribution in [0.2, 0.25) is 0 Å². The van der Waals surface area contributed by atoms with Crippen molar-refractivity contribution in [3.05, 3.63) is 47.3 Å². The van der Waals surface area contributed by atoms with Gasteiger partial charge in [0.25, 0.3) is 0 Å². The number of hydrogen-bond acceptors (Lipinski definition) is 8. The first-order valence-corrected chi connectivity index (χ1v) is 16.7. The molecule has 0 spiro atoms. The van der Waals surface area contributed by atoms with Crippen LogP contribution in [0.25, 0.3) is 0 Å². The first-order chi connectivity index (χ1) is 22.8. The van der Waals surface area contributed by atoms with Crippen molar-refractivity contribution < 1.29 is 42.9 Å². The van der Waals surface area contributed by atoms with Crippen molar-refractivity contribution in [2.24, 2.45) is 5.92 Å². The van der Waals surface area contributed by atoms with Crippen LogP contribution in [0.3, 0.4) is 0 Å². The summed E-state index contributed by atoms with van der Waals surface area (Å²) in [5.74, 6) is -2.25. The summed E-state index contributed by atoms with van der Waals surface area (Å²) in [6.45, 7) is 4.94. The molecule has 5 rings (SSSR count). The molecule has 5 amide bonds. The van der Waals surface area contributed by atoms with E-state index in [4.69, 9.17) is 9.47 Å². The van der Waals surface area contributed by atoms with Gasteiger partial charge in [-0.05, 0) is 58.1 Å². The van der Waals surface area contributed by atoms with Crippen LogP contribution in [0, 0.1) is 11.7 Å². The lowest BCUT2D eigenvalue weighted by molar-refractivity contribution is -0.141. The fourth-order valence-corrected chi connectivity index (χ4v) is 6.67. The minimum Gasteiger partial charge on any atom is -0.444 e. The summed E-state index contributed by atoms with van der Waals surface area (Å²) >= 11 is 0. The lowest BCUT2D eigenvalue weighted by Crippen LogP contribution is -2.58. The van der Waals surface area contributed by atoms with E-state index >= 15 is 0 Å². The molecule has 262 valence electrons. The van der Waals surface area contributed by atoms with Gasteiger partial charge in [0.2, 0.25) is 17.7 Å². The molecule has 0 unspecified atom stereocenters. The monoisotopic (exact) mass is 671 g/mol. The molecule has 2 fully saturated rings. The van der Waals surface area contributed by atoms with E-state index in [1.165, 1.54) is 15.9 Å². The van der Waals surface area contributed by atoms with Crippen molar-refractivity contribution in [3.63, 3.8) is 0 Å². The maximum Gasteiger partial charge on any atom is 0.410 e. The van der Waals surface area contributed by atoms with E-state index in [9.17, 15) is 33.5 Å². The van der Waals surface area contributed by atoms with Gasteiger partial charge in [-0.25, -0.2) is 14.0 Å². The molecule has 1 aromatic carbocycles. The Balaban J connectivity index is 1.38. The van der Waals surface area contributed by atoms with Gasteiger partial charge in [-0.2, -0.15) is 0 Å². The Hall–Kier alpha value is -4.20. The Bertz CT molecular complexity index is 1450. The van der Waals surface area contributed by atoms with Crippen LogP contribution in [-0.2, 0) is 36.9 Å². The van der Waals surface area contributed by atoms with E-state index in [2.05, 4.69) is 16.0 Å². The lowest BCUT2D eigenvalue weighted by Gasteiger charge is -2.30. The van der Waals surface area contributed by atoms with Gasteiger partial charge in [-0.1, -0.05) is 37.1 Å². The molecule has 1 saturated heterocycles. The van der Waals surface area contributed by atoms with E-state index in [-0.39, 0.29) is 45.1 Å². The third-order valence-electron chi connectivity index (χ3n) is 9.18. The number of carbonyl (C=O) groups excluding carboxylic acids is 5. The molecule has 0 radical (unpaired) electrons. The van der Waals surface area contributed by atoms with Crippen molar-refractivity contribution in [3.8, 4) is 0 Å². The van der Waals surface area contributed by atoms with Gasteiger partial charge < -0.3 is 35.4 Å². The fraction of sp³-hybridized carbons (Fsp3) is 0.618.